The molecule has 2 aromatic rings. The third-order valence-electron chi connectivity index (χ3n) is 14.0. The molecular formula is C58H97N13O9. The molecule has 0 aliphatic heterocycles. The van der Waals surface area contributed by atoms with Gasteiger partial charge in [-0.15, -0.1) is 0 Å². The molecule has 448 valence electrons. The van der Waals surface area contributed by atoms with E-state index >= 15 is 0 Å². The standard InChI is InChI=1S/C58H97N13O9/c1-5-6-9-29-51(73)64-34-19-14-28-50(58(63)80)65-52(74)39-70(45(2)48-24-10-7-11-25-48)56(78)42-69(38-23-18-33-62)55(77)44-71(46(3)49-26-12-8-13-27-49)57(79)43-68(37-22-17-32-61)54(76)41-67(36-21-16-31-60)53(75)40-66(47(4)72)35-20-15-30-59/h7-8,10-13,24-27,45-46,50H,5-6,9,14-23,28-44,59-62H2,1-4H3,(H2,63,80)(H,64,73)(H,65,74)/t45-,46-,50?/m0/s1. The molecule has 0 radical (unpaired) electrons. The molecule has 12 N–H and O–H groups in total. The minimum Gasteiger partial charge on any atom is -0.368 e. The number of nitrogens with two attached hydrogens (primary N) is 5. The monoisotopic (exact) mass is 1120 g/mol. The number of amides is 9. The van der Waals surface area contributed by atoms with Crippen LogP contribution in [-0.4, -0.2) is 187 Å². The molecule has 0 bridgehead atoms. The third-order valence-corrected chi connectivity index (χ3v) is 14.0. The first kappa shape index (κ1) is 69.6. The molecule has 0 aliphatic rings. The maximum Gasteiger partial charge on any atom is 0.243 e. The van der Waals surface area contributed by atoms with E-state index < -0.39 is 85.7 Å². The van der Waals surface area contributed by atoms with Crippen molar-refractivity contribution in [1.29, 1.82) is 0 Å². The van der Waals surface area contributed by atoms with Crippen LogP contribution in [0.4, 0.5) is 0 Å². The summed E-state index contributed by atoms with van der Waals surface area (Å²) in [6.07, 6.45) is 8.72. The van der Waals surface area contributed by atoms with E-state index in [0.29, 0.717) is 121 Å². The number of benzene rings is 2. The molecule has 0 saturated heterocycles. The van der Waals surface area contributed by atoms with Crippen molar-refractivity contribution >= 4 is 53.2 Å². The molecule has 2 aromatic carbocycles. The summed E-state index contributed by atoms with van der Waals surface area (Å²) in [5, 5.41) is 5.59. The van der Waals surface area contributed by atoms with Crippen LogP contribution < -0.4 is 39.3 Å². The normalized spacial score (nSPS) is 12.1. The second kappa shape index (κ2) is 40.6. The first-order valence-corrected chi connectivity index (χ1v) is 28.9. The van der Waals surface area contributed by atoms with E-state index in [1.54, 1.807) is 38.1 Å². The molecule has 9 amide bonds. The number of nitrogens with zero attached hydrogens (tertiary/aromatic N) is 6. The van der Waals surface area contributed by atoms with Gasteiger partial charge in [0.25, 0.3) is 0 Å². The number of primary amides is 1. The molecule has 0 fully saturated rings. The Kier molecular flexibility index (Phi) is 35.4. The summed E-state index contributed by atoms with van der Waals surface area (Å²) in [6.45, 7) is 6.99. The van der Waals surface area contributed by atoms with Gasteiger partial charge in [-0.25, -0.2) is 0 Å². The zero-order chi connectivity index (χ0) is 59.2. The predicted octanol–water partition coefficient (Wildman–Crippen LogP) is 2.29. The van der Waals surface area contributed by atoms with Crippen LogP contribution in [0.5, 0.6) is 0 Å². The van der Waals surface area contributed by atoms with Gasteiger partial charge in [0.05, 0.1) is 38.3 Å². The predicted molar refractivity (Wildman–Crippen MR) is 310 cm³/mol. The van der Waals surface area contributed by atoms with Crippen LogP contribution in [0.1, 0.15) is 147 Å². The minimum absolute atomic E-state index is 0.0391. The number of hydrogen-bond acceptors (Lipinski definition) is 13. The molecule has 22 nitrogen and oxygen atoms in total. The summed E-state index contributed by atoms with van der Waals surface area (Å²) in [4.78, 5) is 132. The molecule has 0 saturated carbocycles. The van der Waals surface area contributed by atoms with Crippen LogP contribution in [0.3, 0.4) is 0 Å². The molecule has 0 spiro atoms. The fourth-order valence-electron chi connectivity index (χ4n) is 9.00. The minimum atomic E-state index is -1.05. The van der Waals surface area contributed by atoms with Crippen molar-refractivity contribution in [3.8, 4) is 0 Å². The topological polar surface area (TPSA) is 327 Å². The quantitative estimate of drug-likeness (QED) is 0.0470. The largest absolute Gasteiger partial charge is 0.368 e. The van der Waals surface area contributed by atoms with E-state index in [0.717, 1.165) is 19.3 Å². The molecule has 22 heteroatoms. The Balaban J connectivity index is 2.50. The molecule has 0 aromatic heterocycles. The average molecular weight is 1120 g/mol. The number of rotatable bonds is 43. The lowest BCUT2D eigenvalue weighted by Gasteiger charge is -2.35. The number of hydrogen-bond donors (Lipinski definition) is 7. The average Bonchev–Trinajstić information content (AvgIpc) is 3.45. The number of carbonyl (C=O) groups is 9. The van der Waals surface area contributed by atoms with Crippen molar-refractivity contribution in [2.45, 2.75) is 142 Å². The highest BCUT2D eigenvalue weighted by atomic mass is 16.2. The van der Waals surface area contributed by atoms with Crippen LogP contribution in [0.2, 0.25) is 0 Å². The molecule has 0 heterocycles. The number of nitrogens with one attached hydrogen (secondary N) is 2. The molecule has 0 aliphatic carbocycles. The Bertz CT molecular complexity index is 2170. The van der Waals surface area contributed by atoms with Crippen molar-refractivity contribution in [2.75, 3.05) is 98.2 Å². The van der Waals surface area contributed by atoms with Crippen molar-refractivity contribution < 1.29 is 43.2 Å². The summed E-state index contributed by atoms with van der Waals surface area (Å²) >= 11 is 0. The van der Waals surface area contributed by atoms with Crippen molar-refractivity contribution in [3.05, 3.63) is 71.8 Å². The fraction of sp³-hybridized carbons (Fsp3) is 0.638. The van der Waals surface area contributed by atoms with Crippen molar-refractivity contribution in [2.24, 2.45) is 28.7 Å². The van der Waals surface area contributed by atoms with E-state index in [2.05, 4.69) is 17.6 Å². The zero-order valence-corrected chi connectivity index (χ0v) is 48.5. The Hall–Kier alpha value is -6.49. The maximum atomic E-state index is 14.9. The highest BCUT2D eigenvalue weighted by Crippen LogP contribution is 2.23. The van der Waals surface area contributed by atoms with E-state index in [4.69, 9.17) is 28.7 Å². The first-order chi connectivity index (χ1) is 38.4. The van der Waals surface area contributed by atoms with Gasteiger partial charge in [-0.2, -0.15) is 0 Å². The molecule has 3 atom stereocenters. The van der Waals surface area contributed by atoms with Crippen LogP contribution >= 0.6 is 0 Å². The van der Waals surface area contributed by atoms with Gasteiger partial charge in [0, 0.05) is 46.1 Å². The Morgan fingerprint density at radius 1 is 0.463 bits per heavy atom. The van der Waals surface area contributed by atoms with Gasteiger partial charge in [-0.1, -0.05) is 80.4 Å². The van der Waals surface area contributed by atoms with E-state index in [1.807, 2.05) is 36.4 Å². The number of carbonyl (C=O) groups excluding carboxylic acids is 9. The second-order valence-corrected chi connectivity index (χ2v) is 20.4. The van der Waals surface area contributed by atoms with Gasteiger partial charge < -0.3 is 68.7 Å². The lowest BCUT2D eigenvalue weighted by molar-refractivity contribution is -0.149. The molecule has 1 unspecified atom stereocenters. The summed E-state index contributed by atoms with van der Waals surface area (Å²) in [5.41, 5.74) is 30.4. The third kappa shape index (κ3) is 27.1. The van der Waals surface area contributed by atoms with Gasteiger partial charge in [0.1, 0.15) is 19.1 Å². The molecule has 80 heavy (non-hydrogen) atoms. The zero-order valence-electron chi connectivity index (χ0n) is 48.5. The van der Waals surface area contributed by atoms with Gasteiger partial charge in [-0.3, -0.25) is 43.2 Å². The van der Waals surface area contributed by atoms with Crippen LogP contribution in [0.15, 0.2) is 60.7 Å². The molecule has 2 rings (SSSR count). The van der Waals surface area contributed by atoms with E-state index in [9.17, 15) is 43.2 Å². The lowest BCUT2D eigenvalue weighted by Crippen LogP contribution is -2.53. The summed E-state index contributed by atoms with van der Waals surface area (Å²) in [7, 11) is 0. The highest BCUT2D eigenvalue weighted by molar-refractivity contribution is 5.93. The SMILES string of the molecule is CCCCCC(=O)NCCCCC(NC(=O)CN(C(=O)CN(CCCCN)C(=O)CN(C(=O)CN(CCCCN)C(=O)CN(CCCCN)C(=O)CN(CCCCN)C(C)=O)[C@@H](C)c1ccccc1)[C@@H](C)c1ccccc1)C(N)=O. The molecular weight excluding hydrogens is 1020 g/mol. The van der Waals surface area contributed by atoms with E-state index in [1.165, 1.54) is 36.3 Å². The fourth-order valence-corrected chi connectivity index (χ4v) is 9.00. The summed E-state index contributed by atoms with van der Waals surface area (Å²) < 4.78 is 0. The van der Waals surface area contributed by atoms with Crippen LogP contribution in [0.25, 0.3) is 0 Å². The van der Waals surface area contributed by atoms with Crippen molar-refractivity contribution in [3.63, 3.8) is 0 Å². The Labute approximate surface area is 475 Å². The van der Waals surface area contributed by atoms with Gasteiger partial charge in [-0.05, 0) is 128 Å². The lowest BCUT2D eigenvalue weighted by atomic mass is 10.1. The highest BCUT2D eigenvalue weighted by Gasteiger charge is 2.33. The van der Waals surface area contributed by atoms with Gasteiger partial charge >= 0.3 is 0 Å². The van der Waals surface area contributed by atoms with E-state index in [-0.39, 0.29) is 51.0 Å². The smallest absolute Gasteiger partial charge is 0.243 e. The Morgan fingerprint density at radius 3 is 1.27 bits per heavy atom. The number of unbranched alkanes of at least 4 members (excludes halogenated alkanes) is 7. The van der Waals surface area contributed by atoms with Crippen LogP contribution in [0, 0.1) is 0 Å². The first-order valence-electron chi connectivity index (χ1n) is 28.9. The summed E-state index contributed by atoms with van der Waals surface area (Å²) in [6, 6.07) is 15.7. The Morgan fingerprint density at radius 2 is 0.863 bits per heavy atom. The maximum absolute atomic E-state index is 14.9. The second-order valence-electron chi connectivity index (χ2n) is 20.4. The van der Waals surface area contributed by atoms with Crippen LogP contribution in [-0.2, 0) is 43.2 Å². The van der Waals surface area contributed by atoms with Gasteiger partial charge in [0.2, 0.25) is 53.2 Å². The van der Waals surface area contributed by atoms with Crippen molar-refractivity contribution in [1.82, 2.24) is 40.0 Å². The summed E-state index contributed by atoms with van der Waals surface area (Å²) in [5.74, 6) is -4.41. The van der Waals surface area contributed by atoms with Gasteiger partial charge in [0.15, 0.2) is 0 Å².